The van der Waals surface area contributed by atoms with Crippen LogP contribution in [0.3, 0.4) is 0 Å². The van der Waals surface area contributed by atoms with Gasteiger partial charge in [-0.3, -0.25) is 4.79 Å². The zero-order valence-corrected chi connectivity index (χ0v) is 11.3. The van der Waals surface area contributed by atoms with E-state index < -0.39 is 22.6 Å². The van der Waals surface area contributed by atoms with Gasteiger partial charge in [-0.05, 0) is 33.3 Å². The Kier molecular flexibility index (Phi) is 1.78. The van der Waals surface area contributed by atoms with E-state index in [0.29, 0.717) is 18.4 Å². The van der Waals surface area contributed by atoms with Crippen LogP contribution in [0.5, 0.6) is 0 Å². The van der Waals surface area contributed by atoms with Gasteiger partial charge in [0, 0.05) is 17.9 Å². The van der Waals surface area contributed by atoms with Crippen molar-refractivity contribution < 1.29 is 24.5 Å². The van der Waals surface area contributed by atoms with Crippen molar-refractivity contribution in [2.75, 3.05) is 0 Å². The molecule has 5 unspecified atom stereocenters. The summed E-state index contributed by atoms with van der Waals surface area (Å²) in [6.45, 7) is 5.50. The minimum Gasteiger partial charge on any atom is -0.360 e. The lowest BCUT2D eigenvalue weighted by Gasteiger charge is -2.46. The van der Waals surface area contributed by atoms with Crippen molar-refractivity contribution in [3.63, 3.8) is 0 Å². The first-order valence-corrected chi connectivity index (χ1v) is 6.76. The number of carbonyl (C=O) groups is 1. The Labute approximate surface area is 111 Å². The van der Waals surface area contributed by atoms with Gasteiger partial charge in [-0.2, -0.15) is 0 Å². The average Bonchev–Trinajstić information content (AvgIpc) is 2.91. The lowest BCUT2D eigenvalue weighted by atomic mass is 9.74. The number of fused-ring (bicyclic) bond motifs is 2. The van der Waals surface area contributed by atoms with Gasteiger partial charge in [0.1, 0.15) is 0 Å². The largest absolute Gasteiger partial charge is 0.360 e. The third kappa shape index (κ3) is 1.00. The highest BCUT2D eigenvalue weighted by Crippen LogP contribution is 2.76. The summed E-state index contributed by atoms with van der Waals surface area (Å²) >= 11 is 0. The van der Waals surface area contributed by atoms with E-state index in [2.05, 4.69) is 0 Å². The zero-order valence-electron chi connectivity index (χ0n) is 11.3. The van der Waals surface area contributed by atoms with Crippen LogP contribution < -0.4 is 0 Å². The maximum atomic E-state index is 12.4. The lowest BCUT2D eigenvalue weighted by Crippen LogP contribution is -2.65. The van der Waals surface area contributed by atoms with Gasteiger partial charge in [-0.1, -0.05) is 0 Å². The second kappa shape index (κ2) is 2.81. The van der Waals surface area contributed by atoms with Crippen LogP contribution >= 0.6 is 0 Å². The SMILES string of the molecule is CC1CC2=CC(=O)C34CC3C(C)(C)OC4(O)C2(O)O1. The standard InChI is InChI=1S/C14H18O5/c1-7-4-8-5-10(15)12-6-9(12)11(2,3)19-14(12,17)13(8,16)18-7/h5,7,9,16-17H,4,6H2,1-3H3. The highest BCUT2D eigenvalue weighted by Gasteiger charge is 2.88. The molecule has 104 valence electrons. The minimum absolute atomic E-state index is 0.0705. The van der Waals surface area contributed by atoms with Crippen LogP contribution in [0.1, 0.15) is 33.6 Å². The molecule has 3 fully saturated rings. The fourth-order valence-corrected chi connectivity index (χ4v) is 4.43. The lowest BCUT2D eigenvalue weighted by molar-refractivity contribution is -0.387. The molecule has 0 aromatic heterocycles. The quantitative estimate of drug-likeness (QED) is 0.667. The average molecular weight is 266 g/mol. The molecule has 4 aliphatic rings. The van der Waals surface area contributed by atoms with Crippen molar-refractivity contribution in [3.8, 4) is 0 Å². The predicted octanol–water partition coefficient (Wildman–Crippen LogP) is 0.497. The van der Waals surface area contributed by atoms with E-state index in [1.165, 1.54) is 6.08 Å². The smallest absolute Gasteiger partial charge is 0.246 e. The van der Waals surface area contributed by atoms with Crippen molar-refractivity contribution in [3.05, 3.63) is 11.6 Å². The van der Waals surface area contributed by atoms with Crippen molar-refractivity contribution in [2.45, 2.75) is 56.9 Å². The topological polar surface area (TPSA) is 76.0 Å². The second-order valence-electron chi connectivity index (χ2n) is 6.89. The third-order valence-electron chi connectivity index (χ3n) is 5.33. The Morgan fingerprint density at radius 3 is 2.68 bits per heavy atom. The van der Waals surface area contributed by atoms with Gasteiger partial charge in [-0.25, -0.2) is 0 Å². The molecule has 5 heteroatoms. The van der Waals surface area contributed by atoms with Crippen LogP contribution in [-0.2, 0) is 14.3 Å². The number of ether oxygens (including phenoxy) is 2. The Bertz CT molecular complexity index is 538. The van der Waals surface area contributed by atoms with Crippen LogP contribution in [0.4, 0.5) is 0 Å². The van der Waals surface area contributed by atoms with Gasteiger partial charge >= 0.3 is 0 Å². The molecule has 1 saturated carbocycles. The monoisotopic (exact) mass is 266 g/mol. The molecule has 5 nitrogen and oxygen atoms in total. The van der Waals surface area contributed by atoms with Gasteiger partial charge in [0.05, 0.1) is 17.1 Å². The highest BCUT2D eigenvalue weighted by atomic mass is 16.7. The molecule has 2 saturated heterocycles. The maximum absolute atomic E-state index is 12.4. The van der Waals surface area contributed by atoms with E-state index in [1.807, 2.05) is 20.8 Å². The molecule has 5 atom stereocenters. The number of aliphatic hydroxyl groups is 2. The fourth-order valence-electron chi connectivity index (χ4n) is 4.43. The first kappa shape index (κ1) is 12.0. The van der Waals surface area contributed by atoms with E-state index in [0.717, 1.165) is 0 Å². The molecule has 2 heterocycles. The Hall–Kier alpha value is -0.750. The van der Waals surface area contributed by atoms with Crippen molar-refractivity contribution in [1.82, 2.24) is 0 Å². The first-order chi connectivity index (χ1) is 8.67. The Balaban J connectivity index is 1.94. The summed E-state index contributed by atoms with van der Waals surface area (Å²) in [5.74, 6) is -4.05. The Morgan fingerprint density at radius 2 is 2.05 bits per heavy atom. The van der Waals surface area contributed by atoms with Gasteiger partial charge in [-0.15, -0.1) is 0 Å². The van der Waals surface area contributed by atoms with Crippen LogP contribution in [0.15, 0.2) is 11.6 Å². The Morgan fingerprint density at radius 1 is 1.37 bits per heavy atom. The van der Waals surface area contributed by atoms with E-state index in [-0.39, 0.29) is 17.8 Å². The van der Waals surface area contributed by atoms with Crippen LogP contribution in [0.2, 0.25) is 0 Å². The molecule has 0 aromatic rings. The minimum atomic E-state index is -1.96. The predicted molar refractivity (Wildman–Crippen MR) is 63.9 cm³/mol. The summed E-state index contributed by atoms with van der Waals surface area (Å²) in [7, 11) is 0. The number of hydrogen-bond donors (Lipinski definition) is 2. The number of carbonyl (C=O) groups excluding carboxylic acids is 1. The number of rotatable bonds is 0. The van der Waals surface area contributed by atoms with Gasteiger partial charge < -0.3 is 19.7 Å². The molecular formula is C14H18O5. The van der Waals surface area contributed by atoms with Crippen LogP contribution in [0, 0.1) is 11.3 Å². The highest BCUT2D eigenvalue weighted by molar-refractivity contribution is 6.01. The zero-order chi connectivity index (χ0) is 13.8. The van der Waals surface area contributed by atoms with E-state index in [1.54, 1.807) is 0 Å². The molecule has 0 aromatic carbocycles. The van der Waals surface area contributed by atoms with Crippen molar-refractivity contribution in [1.29, 1.82) is 0 Å². The van der Waals surface area contributed by atoms with Crippen molar-refractivity contribution in [2.24, 2.45) is 11.3 Å². The molecule has 0 bridgehead atoms. The van der Waals surface area contributed by atoms with E-state index in [4.69, 9.17) is 9.47 Å². The number of hydrogen-bond acceptors (Lipinski definition) is 5. The molecule has 0 radical (unpaired) electrons. The van der Waals surface area contributed by atoms with Crippen molar-refractivity contribution >= 4 is 5.78 Å². The maximum Gasteiger partial charge on any atom is 0.246 e. The number of allylic oxidation sites excluding steroid dienone is 1. The third-order valence-corrected chi connectivity index (χ3v) is 5.33. The summed E-state index contributed by atoms with van der Waals surface area (Å²) in [6, 6.07) is 0. The molecule has 1 spiro atoms. The summed E-state index contributed by atoms with van der Waals surface area (Å²) in [4.78, 5) is 12.4. The van der Waals surface area contributed by atoms with E-state index in [9.17, 15) is 15.0 Å². The fraction of sp³-hybridized carbons (Fsp3) is 0.786. The van der Waals surface area contributed by atoms with Gasteiger partial charge in [0.15, 0.2) is 5.78 Å². The molecule has 19 heavy (non-hydrogen) atoms. The summed E-state index contributed by atoms with van der Waals surface area (Å²) < 4.78 is 11.3. The number of ketones is 1. The molecular weight excluding hydrogens is 248 g/mol. The summed E-state index contributed by atoms with van der Waals surface area (Å²) in [6.07, 6.45) is 2.20. The van der Waals surface area contributed by atoms with Crippen LogP contribution in [0.25, 0.3) is 0 Å². The normalized spacial score (nSPS) is 57.3. The molecule has 2 aliphatic carbocycles. The summed E-state index contributed by atoms with van der Waals surface area (Å²) in [5.41, 5.74) is -1.24. The summed E-state index contributed by atoms with van der Waals surface area (Å²) in [5, 5.41) is 21.8. The van der Waals surface area contributed by atoms with Gasteiger partial charge in [0.25, 0.3) is 0 Å². The molecule has 2 N–H and O–H groups in total. The first-order valence-electron chi connectivity index (χ1n) is 6.76. The molecule has 2 aliphatic heterocycles. The van der Waals surface area contributed by atoms with Crippen LogP contribution in [-0.4, -0.2) is 39.3 Å². The van der Waals surface area contributed by atoms with E-state index >= 15 is 0 Å². The van der Waals surface area contributed by atoms with Gasteiger partial charge in [0.2, 0.25) is 11.6 Å². The molecule has 0 amide bonds. The molecule has 4 rings (SSSR count). The second-order valence-corrected chi connectivity index (χ2v) is 6.89.